The maximum Gasteiger partial charge on any atom is 0.0945 e. The molecule has 0 spiro atoms. The zero-order chi connectivity index (χ0) is 12.6. The number of aromatic nitrogens is 2. The third kappa shape index (κ3) is 3.88. The van der Waals surface area contributed by atoms with Crippen molar-refractivity contribution in [2.45, 2.75) is 32.7 Å². The normalized spacial score (nSPS) is 11.2. The van der Waals surface area contributed by atoms with Crippen LogP contribution in [0.3, 0.4) is 0 Å². The van der Waals surface area contributed by atoms with Crippen molar-refractivity contribution in [1.29, 1.82) is 0 Å². The second-order valence-electron chi connectivity index (χ2n) is 4.50. The van der Waals surface area contributed by atoms with Crippen molar-refractivity contribution in [3.8, 4) is 0 Å². The molecule has 94 valence electrons. The lowest BCUT2D eigenvalue weighted by atomic mass is 10.1. The van der Waals surface area contributed by atoms with E-state index in [0.717, 1.165) is 13.0 Å². The van der Waals surface area contributed by atoms with E-state index < -0.39 is 0 Å². The molecule has 1 heterocycles. The Morgan fingerprint density at radius 3 is 2.67 bits per heavy atom. The van der Waals surface area contributed by atoms with E-state index in [1.54, 1.807) is 0 Å². The summed E-state index contributed by atoms with van der Waals surface area (Å²) >= 11 is 0. The molecule has 0 saturated carbocycles. The van der Waals surface area contributed by atoms with E-state index in [0.29, 0.717) is 0 Å². The lowest BCUT2D eigenvalue weighted by Gasteiger charge is -2.03. The summed E-state index contributed by atoms with van der Waals surface area (Å²) in [5.74, 6) is 0. The number of aryl methyl sites for hydroxylation is 2. The maximum atomic E-state index is 4.04. The van der Waals surface area contributed by atoms with Crippen LogP contribution in [-0.4, -0.2) is 9.55 Å². The third-order valence-corrected chi connectivity index (χ3v) is 3.03. The summed E-state index contributed by atoms with van der Waals surface area (Å²) < 4.78 is 2.13. The molecule has 0 saturated heterocycles. The number of nitrogens with zero attached hydrogens (tertiary/aromatic N) is 2. The molecule has 0 fully saturated rings. The van der Waals surface area contributed by atoms with Crippen molar-refractivity contribution in [1.82, 2.24) is 9.55 Å². The highest BCUT2D eigenvalue weighted by molar-refractivity contribution is 5.49. The minimum atomic E-state index is 1.07. The molecule has 0 amide bonds. The third-order valence-electron chi connectivity index (χ3n) is 3.03. The second-order valence-corrected chi connectivity index (χ2v) is 4.50. The van der Waals surface area contributed by atoms with Crippen LogP contribution in [-0.2, 0) is 13.0 Å². The zero-order valence-corrected chi connectivity index (χ0v) is 10.9. The van der Waals surface area contributed by atoms with Crippen LogP contribution < -0.4 is 0 Å². The molecule has 0 unspecified atom stereocenters. The van der Waals surface area contributed by atoms with Gasteiger partial charge in [0.15, 0.2) is 0 Å². The van der Waals surface area contributed by atoms with Gasteiger partial charge >= 0.3 is 0 Å². The van der Waals surface area contributed by atoms with Crippen LogP contribution in [0.2, 0.25) is 0 Å². The maximum absolute atomic E-state index is 4.04. The van der Waals surface area contributed by atoms with Gasteiger partial charge in [0.2, 0.25) is 0 Å². The van der Waals surface area contributed by atoms with Crippen LogP contribution in [0.1, 0.15) is 30.9 Å². The van der Waals surface area contributed by atoms with Gasteiger partial charge in [-0.25, -0.2) is 4.98 Å². The van der Waals surface area contributed by atoms with Crippen LogP contribution in [0, 0.1) is 0 Å². The first-order valence-corrected chi connectivity index (χ1v) is 6.56. The highest BCUT2D eigenvalue weighted by Gasteiger charge is 1.95. The summed E-state index contributed by atoms with van der Waals surface area (Å²) in [6, 6.07) is 8.83. The summed E-state index contributed by atoms with van der Waals surface area (Å²) in [6.45, 7) is 3.11. The monoisotopic (exact) mass is 240 g/mol. The summed E-state index contributed by atoms with van der Waals surface area (Å²) in [4.78, 5) is 4.04. The number of hydrogen-bond acceptors (Lipinski definition) is 1. The van der Waals surface area contributed by atoms with Gasteiger partial charge in [0, 0.05) is 18.9 Å². The van der Waals surface area contributed by atoms with Crippen molar-refractivity contribution < 1.29 is 0 Å². The molecule has 2 nitrogen and oxygen atoms in total. The predicted molar refractivity (Wildman–Crippen MR) is 76.3 cm³/mol. The Labute approximate surface area is 109 Å². The first-order valence-electron chi connectivity index (χ1n) is 6.56. The Bertz CT molecular complexity index is 466. The van der Waals surface area contributed by atoms with Gasteiger partial charge in [-0.2, -0.15) is 0 Å². The standard InChI is InChI=1S/C16H20N2/c1-2-5-15-7-9-16(10-8-15)6-3-4-12-18-13-11-17-14-18/h2,5,7-11,13-14H,3-4,6,12H2,1H3. The molecule has 0 N–H and O–H groups in total. The number of benzene rings is 1. The van der Waals surface area contributed by atoms with Crippen molar-refractivity contribution in [2.75, 3.05) is 0 Å². The average molecular weight is 240 g/mol. The number of rotatable bonds is 6. The zero-order valence-electron chi connectivity index (χ0n) is 10.9. The van der Waals surface area contributed by atoms with E-state index in [2.05, 4.69) is 46.0 Å². The molecule has 1 aromatic carbocycles. The van der Waals surface area contributed by atoms with Crippen molar-refractivity contribution >= 4 is 6.08 Å². The summed E-state index contributed by atoms with van der Waals surface area (Å²) in [6.07, 6.45) is 13.5. The number of hydrogen-bond donors (Lipinski definition) is 0. The number of unbranched alkanes of at least 4 members (excludes halogenated alkanes) is 1. The molecule has 0 aliphatic rings. The van der Waals surface area contributed by atoms with E-state index in [9.17, 15) is 0 Å². The molecule has 2 heteroatoms. The summed E-state index contributed by atoms with van der Waals surface area (Å²) in [7, 11) is 0. The van der Waals surface area contributed by atoms with E-state index in [4.69, 9.17) is 0 Å². The van der Waals surface area contributed by atoms with Gasteiger partial charge in [0.05, 0.1) is 6.33 Å². The number of imidazole rings is 1. The van der Waals surface area contributed by atoms with Gasteiger partial charge in [-0.05, 0) is 37.3 Å². The lowest BCUT2D eigenvalue weighted by Crippen LogP contribution is -1.95. The highest BCUT2D eigenvalue weighted by Crippen LogP contribution is 2.09. The van der Waals surface area contributed by atoms with Crippen molar-refractivity contribution in [3.63, 3.8) is 0 Å². The fourth-order valence-electron chi connectivity index (χ4n) is 2.03. The van der Waals surface area contributed by atoms with E-state index >= 15 is 0 Å². The lowest BCUT2D eigenvalue weighted by molar-refractivity contribution is 0.609. The van der Waals surface area contributed by atoms with Gasteiger partial charge in [-0.3, -0.25) is 0 Å². The molecular weight excluding hydrogens is 220 g/mol. The molecule has 2 aromatic rings. The van der Waals surface area contributed by atoms with Crippen LogP contribution in [0.4, 0.5) is 0 Å². The van der Waals surface area contributed by atoms with Crippen molar-refractivity contribution in [2.24, 2.45) is 0 Å². The molecule has 0 atom stereocenters. The number of allylic oxidation sites excluding steroid dienone is 1. The molecule has 2 rings (SSSR count). The van der Waals surface area contributed by atoms with E-state index in [1.165, 1.54) is 24.0 Å². The van der Waals surface area contributed by atoms with Crippen molar-refractivity contribution in [3.05, 3.63) is 60.2 Å². The van der Waals surface area contributed by atoms with Gasteiger partial charge in [0.25, 0.3) is 0 Å². The Hall–Kier alpha value is -1.83. The fraction of sp³-hybridized carbons (Fsp3) is 0.312. The van der Waals surface area contributed by atoms with E-state index in [1.807, 2.05) is 25.6 Å². The summed E-state index contributed by atoms with van der Waals surface area (Å²) in [5, 5.41) is 0. The largest absolute Gasteiger partial charge is 0.337 e. The molecule has 1 aromatic heterocycles. The fourth-order valence-corrected chi connectivity index (χ4v) is 2.03. The molecular formula is C16H20N2. The molecule has 0 bridgehead atoms. The van der Waals surface area contributed by atoms with Crippen LogP contribution in [0.25, 0.3) is 6.08 Å². The van der Waals surface area contributed by atoms with Crippen LogP contribution in [0.5, 0.6) is 0 Å². The Kier molecular flexibility index (Phi) is 4.77. The van der Waals surface area contributed by atoms with E-state index in [-0.39, 0.29) is 0 Å². The van der Waals surface area contributed by atoms with Gasteiger partial charge in [-0.15, -0.1) is 0 Å². The first-order chi connectivity index (χ1) is 8.88. The quantitative estimate of drug-likeness (QED) is 0.699. The SMILES string of the molecule is CC=Cc1ccc(CCCCn2ccnc2)cc1. The molecule has 18 heavy (non-hydrogen) atoms. The molecule has 0 aliphatic heterocycles. The van der Waals surface area contributed by atoms with Gasteiger partial charge in [-0.1, -0.05) is 36.4 Å². The van der Waals surface area contributed by atoms with Crippen LogP contribution >= 0.6 is 0 Å². The van der Waals surface area contributed by atoms with Crippen LogP contribution in [0.15, 0.2) is 49.1 Å². The minimum absolute atomic E-state index is 1.07. The summed E-state index contributed by atoms with van der Waals surface area (Å²) in [5.41, 5.74) is 2.70. The topological polar surface area (TPSA) is 17.8 Å². The molecule has 0 aliphatic carbocycles. The Balaban J connectivity index is 1.73. The highest BCUT2D eigenvalue weighted by atomic mass is 15.0. The minimum Gasteiger partial charge on any atom is -0.337 e. The van der Waals surface area contributed by atoms with Gasteiger partial charge < -0.3 is 4.57 Å². The Morgan fingerprint density at radius 1 is 1.17 bits per heavy atom. The van der Waals surface area contributed by atoms with Gasteiger partial charge in [0.1, 0.15) is 0 Å². The average Bonchev–Trinajstić information content (AvgIpc) is 2.90. The second kappa shape index (κ2) is 6.80. The Morgan fingerprint density at radius 2 is 2.00 bits per heavy atom. The first kappa shape index (κ1) is 12.6. The predicted octanol–water partition coefficient (Wildman–Crippen LogP) is 3.94. The smallest absolute Gasteiger partial charge is 0.0945 e. The molecule has 0 radical (unpaired) electrons.